The van der Waals surface area contributed by atoms with E-state index in [4.69, 9.17) is 11.6 Å². The van der Waals surface area contributed by atoms with E-state index in [2.05, 4.69) is 13.8 Å². The van der Waals surface area contributed by atoms with Gasteiger partial charge in [-0.05, 0) is 18.9 Å². The third-order valence-corrected chi connectivity index (χ3v) is 5.74. The molecule has 0 aliphatic rings. The van der Waals surface area contributed by atoms with Crippen molar-refractivity contribution in [1.29, 1.82) is 0 Å². The van der Waals surface area contributed by atoms with Gasteiger partial charge in [0.2, 0.25) is 0 Å². The largest absolute Gasteiger partial charge is 0.338 e. The maximum Gasteiger partial charge on any atom is 0.265 e. The predicted molar refractivity (Wildman–Crippen MR) is 102 cm³/mol. The summed E-state index contributed by atoms with van der Waals surface area (Å²) in [5.74, 6) is 0.100. The zero-order valence-electron chi connectivity index (χ0n) is 14.1. The van der Waals surface area contributed by atoms with Crippen molar-refractivity contribution in [3.8, 4) is 0 Å². The Hall–Kier alpha value is -1.06. The van der Waals surface area contributed by atoms with Crippen molar-refractivity contribution in [2.24, 2.45) is 0 Å². The van der Waals surface area contributed by atoms with E-state index >= 15 is 0 Å². The molecule has 0 aliphatic carbocycles. The summed E-state index contributed by atoms with van der Waals surface area (Å²) in [6.07, 6.45) is 6.80. The Labute approximate surface area is 148 Å². The van der Waals surface area contributed by atoms with Crippen LogP contribution >= 0.6 is 22.9 Å². The van der Waals surface area contributed by atoms with Crippen molar-refractivity contribution in [1.82, 2.24) is 4.90 Å². The van der Waals surface area contributed by atoms with Crippen LogP contribution in [0.25, 0.3) is 10.1 Å². The molecule has 0 saturated heterocycles. The van der Waals surface area contributed by atoms with Gasteiger partial charge in [0.05, 0.1) is 5.02 Å². The lowest BCUT2D eigenvalue weighted by Crippen LogP contribution is -2.32. The van der Waals surface area contributed by atoms with E-state index in [9.17, 15) is 4.79 Å². The quantitative estimate of drug-likeness (QED) is 0.480. The third kappa shape index (κ3) is 4.71. The number of nitrogens with zero attached hydrogens (tertiary/aromatic N) is 1. The van der Waals surface area contributed by atoms with Crippen LogP contribution in [0.2, 0.25) is 5.02 Å². The van der Waals surface area contributed by atoms with E-state index in [1.165, 1.54) is 24.2 Å². The highest BCUT2D eigenvalue weighted by molar-refractivity contribution is 7.21. The summed E-state index contributed by atoms with van der Waals surface area (Å²) in [5, 5.41) is 1.61. The number of thiophene rings is 1. The van der Waals surface area contributed by atoms with Gasteiger partial charge in [0.1, 0.15) is 4.88 Å². The molecule has 2 aromatic rings. The number of benzene rings is 1. The molecule has 0 aliphatic heterocycles. The Kier molecular flexibility index (Phi) is 7.38. The Morgan fingerprint density at radius 3 is 2.22 bits per heavy atom. The van der Waals surface area contributed by atoms with Crippen LogP contribution in [0.4, 0.5) is 0 Å². The molecule has 0 saturated carbocycles. The third-order valence-electron chi connectivity index (χ3n) is 4.08. The topological polar surface area (TPSA) is 20.3 Å². The second kappa shape index (κ2) is 9.29. The Morgan fingerprint density at radius 2 is 1.65 bits per heavy atom. The maximum atomic E-state index is 13.0. The minimum absolute atomic E-state index is 0.100. The summed E-state index contributed by atoms with van der Waals surface area (Å²) in [6, 6.07) is 7.98. The van der Waals surface area contributed by atoms with Gasteiger partial charge >= 0.3 is 0 Å². The smallest absolute Gasteiger partial charge is 0.265 e. The van der Waals surface area contributed by atoms with Crippen LogP contribution < -0.4 is 0 Å². The number of amides is 1. The first kappa shape index (κ1) is 18.3. The van der Waals surface area contributed by atoms with E-state index < -0.39 is 0 Å². The van der Waals surface area contributed by atoms with E-state index in [1.807, 2.05) is 29.2 Å². The molecular formula is C19H26ClNOS. The van der Waals surface area contributed by atoms with Gasteiger partial charge in [-0.1, -0.05) is 69.3 Å². The van der Waals surface area contributed by atoms with Crippen LogP contribution in [0.5, 0.6) is 0 Å². The lowest BCUT2D eigenvalue weighted by molar-refractivity contribution is 0.0754. The van der Waals surface area contributed by atoms with Gasteiger partial charge in [-0.2, -0.15) is 0 Å². The summed E-state index contributed by atoms with van der Waals surface area (Å²) in [7, 11) is 0. The minimum atomic E-state index is 0.100. The van der Waals surface area contributed by atoms with Crippen molar-refractivity contribution < 1.29 is 4.79 Å². The van der Waals surface area contributed by atoms with Crippen LogP contribution in [0.3, 0.4) is 0 Å². The molecule has 23 heavy (non-hydrogen) atoms. The predicted octanol–water partition coefficient (Wildman–Crippen LogP) is 6.38. The molecule has 0 bridgehead atoms. The first-order chi connectivity index (χ1) is 11.2. The number of carbonyl (C=O) groups excluding carboxylic acids is 1. The standard InChI is InChI=1S/C19H26ClNOS/c1-3-5-9-13-21(14-10-6-4-2)19(22)18-17(20)15-11-7-8-12-16(15)23-18/h7-8,11-12H,3-6,9-10,13-14H2,1-2H3. The molecule has 4 heteroatoms. The monoisotopic (exact) mass is 351 g/mol. The molecule has 0 atom stereocenters. The average molecular weight is 352 g/mol. The zero-order chi connectivity index (χ0) is 16.7. The van der Waals surface area contributed by atoms with Crippen molar-refractivity contribution in [3.63, 3.8) is 0 Å². The second-order valence-corrected chi connectivity index (χ2v) is 7.38. The van der Waals surface area contributed by atoms with Gasteiger partial charge < -0.3 is 4.90 Å². The molecule has 1 aromatic heterocycles. The molecule has 1 aromatic carbocycles. The molecule has 0 unspecified atom stereocenters. The lowest BCUT2D eigenvalue weighted by Gasteiger charge is -2.22. The molecule has 126 valence electrons. The van der Waals surface area contributed by atoms with Gasteiger partial charge in [-0.25, -0.2) is 0 Å². The van der Waals surface area contributed by atoms with Crippen LogP contribution in [0, 0.1) is 0 Å². The van der Waals surface area contributed by atoms with Crippen molar-refractivity contribution in [2.75, 3.05) is 13.1 Å². The Bertz CT molecular complexity index is 627. The Balaban J connectivity index is 2.17. The van der Waals surface area contributed by atoms with E-state index in [1.54, 1.807) is 0 Å². The first-order valence-electron chi connectivity index (χ1n) is 8.65. The molecular weight excluding hydrogens is 326 g/mol. The van der Waals surface area contributed by atoms with E-state index in [0.717, 1.165) is 48.9 Å². The molecule has 2 nitrogen and oxygen atoms in total. The SMILES string of the molecule is CCCCCN(CCCCC)C(=O)c1sc2ccccc2c1Cl. The van der Waals surface area contributed by atoms with Crippen LogP contribution in [-0.2, 0) is 0 Å². The number of carbonyl (C=O) groups is 1. The molecule has 0 fully saturated rings. The molecule has 1 amide bonds. The fraction of sp³-hybridized carbons (Fsp3) is 0.526. The van der Waals surface area contributed by atoms with Crippen molar-refractivity contribution in [3.05, 3.63) is 34.2 Å². The fourth-order valence-corrected chi connectivity index (χ4v) is 4.20. The summed E-state index contributed by atoms with van der Waals surface area (Å²) in [5.41, 5.74) is 0. The molecule has 0 spiro atoms. The van der Waals surface area contributed by atoms with Gasteiger partial charge in [-0.3, -0.25) is 4.79 Å². The summed E-state index contributed by atoms with van der Waals surface area (Å²) >= 11 is 8.00. The second-order valence-electron chi connectivity index (χ2n) is 5.95. The zero-order valence-corrected chi connectivity index (χ0v) is 15.7. The first-order valence-corrected chi connectivity index (χ1v) is 9.84. The van der Waals surface area contributed by atoms with Crippen LogP contribution in [0.15, 0.2) is 24.3 Å². The number of rotatable bonds is 9. The van der Waals surface area contributed by atoms with Gasteiger partial charge in [0.25, 0.3) is 5.91 Å². The van der Waals surface area contributed by atoms with E-state index in [0.29, 0.717) is 9.90 Å². The number of hydrogen-bond donors (Lipinski definition) is 0. The van der Waals surface area contributed by atoms with Crippen LogP contribution in [-0.4, -0.2) is 23.9 Å². The number of halogens is 1. The summed E-state index contributed by atoms with van der Waals surface area (Å²) in [4.78, 5) is 15.7. The minimum Gasteiger partial charge on any atom is -0.338 e. The highest BCUT2D eigenvalue weighted by atomic mass is 35.5. The van der Waals surface area contributed by atoms with Gasteiger partial charge in [0.15, 0.2) is 0 Å². The van der Waals surface area contributed by atoms with Crippen molar-refractivity contribution in [2.45, 2.75) is 52.4 Å². The summed E-state index contributed by atoms with van der Waals surface area (Å²) < 4.78 is 1.09. The lowest BCUT2D eigenvalue weighted by atomic mass is 10.2. The average Bonchev–Trinajstić information content (AvgIpc) is 2.90. The van der Waals surface area contributed by atoms with Crippen LogP contribution in [0.1, 0.15) is 62.0 Å². The molecule has 1 heterocycles. The van der Waals surface area contributed by atoms with Gasteiger partial charge in [0, 0.05) is 23.2 Å². The van der Waals surface area contributed by atoms with E-state index in [-0.39, 0.29) is 5.91 Å². The Morgan fingerprint density at radius 1 is 1.04 bits per heavy atom. The van der Waals surface area contributed by atoms with Crippen molar-refractivity contribution >= 4 is 38.9 Å². The number of fused-ring (bicyclic) bond motifs is 1. The highest BCUT2D eigenvalue weighted by Gasteiger charge is 2.21. The fourth-order valence-electron chi connectivity index (χ4n) is 2.72. The highest BCUT2D eigenvalue weighted by Crippen LogP contribution is 2.36. The molecule has 0 N–H and O–H groups in total. The maximum absolute atomic E-state index is 13.0. The summed E-state index contributed by atoms with van der Waals surface area (Å²) in [6.45, 7) is 6.04. The normalized spacial score (nSPS) is 11.1. The molecule has 2 rings (SSSR count). The number of hydrogen-bond acceptors (Lipinski definition) is 2. The molecule has 0 radical (unpaired) electrons. The number of unbranched alkanes of at least 4 members (excludes halogenated alkanes) is 4. The van der Waals surface area contributed by atoms with Gasteiger partial charge in [-0.15, -0.1) is 11.3 Å².